The molecule has 0 atom stereocenters. The third-order valence-electron chi connectivity index (χ3n) is 3.61. The van der Waals surface area contributed by atoms with Crippen molar-refractivity contribution in [3.8, 4) is 0 Å². The molecule has 0 saturated heterocycles. The number of aryl methyl sites for hydroxylation is 2. The predicted octanol–water partition coefficient (Wildman–Crippen LogP) is 4.92. The van der Waals surface area contributed by atoms with Crippen molar-refractivity contribution in [1.29, 1.82) is 0 Å². The van der Waals surface area contributed by atoms with Gasteiger partial charge in [0.25, 0.3) is 0 Å². The number of hydrogen-bond donors (Lipinski definition) is 0. The molecule has 116 valence electrons. The van der Waals surface area contributed by atoms with Crippen LogP contribution in [0.2, 0.25) is 0 Å². The molecule has 2 nitrogen and oxygen atoms in total. The fourth-order valence-electron chi connectivity index (χ4n) is 2.54. The average molecular weight is 315 g/mol. The molecule has 0 aliphatic carbocycles. The monoisotopic (exact) mass is 314 g/mol. The van der Waals surface area contributed by atoms with E-state index in [9.17, 15) is 8.78 Å². The van der Waals surface area contributed by atoms with Crippen molar-refractivity contribution in [3.05, 3.63) is 29.6 Å². The average Bonchev–Trinajstić information content (AvgIpc) is 2.78. The van der Waals surface area contributed by atoms with Crippen molar-refractivity contribution in [1.82, 2.24) is 9.55 Å². The van der Waals surface area contributed by atoms with Crippen LogP contribution >= 0.6 is 11.6 Å². The fourth-order valence-corrected chi connectivity index (χ4v) is 2.71. The van der Waals surface area contributed by atoms with Crippen LogP contribution in [0.25, 0.3) is 11.0 Å². The third-order valence-corrected chi connectivity index (χ3v) is 3.80. The summed E-state index contributed by atoms with van der Waals surface area (Å²) >= 11 is 5.79. The summed E-state index contributed by atoms with van der Waals surface area (Å²) in [6.45, 7) is 5.01. The minimum Gasteiger partial charge on any atom is -0.325 e. The number of benzene rings is 1. The Bertz CT molecular complexity index is 608. The Morgan fingerprint density at radius 3 is 2.67 bits per heavy atom. The first kappa shape index (κ1) is 16.2. The molecule has 2 rings (SSSR count). The van der Waals surface area contributed by atoms with Gasteiger partial charge in [-0.2, -0.15) is 0 Å². The maximum absolute atomic E-state index is 14.1. The van der Waals surface area contributed by atoms with Gasteiger partial charge in [-0.05, 0) is 24.5 Å². The Morgan fingerprint density at radius 2 is 2.00 bits per heavy atom. The molecule has 0 amide bonds. The van der Waals surface area contributed by atoms with Gasteiger partial charge in [0.15, 0.2) is 11.6 Å². The van der Waals surface area contributed by atoms with Gasteiger partial charge in [0, 0.05) is 18.8 Å². The Labute approximate surface area is 129 Å². The topological polar surface area (TPSA) is 17.8 Å². The van der Waals surface area contributed by atoms with Gasteiger partial charge in [0.1, 0.15) is 11.3 Å². The molecule has 1 heterocycles. The Morgan fingerprint density at radius 1 is 1.24 bits per heavy atom. The number of aromatic nitrogens is 2. The lowest BCUT2D eigenvalue weighted by Gasteiger charge is -2.10. The van der Waals surface area contributed by atoms with Crippen LogP contribution in [0.1, 0.15) is 38.9 Å². The molecule has 0 saturated carbocycles. The quantitative estimate of drug-likeness (QED) is 0.524. The van der Waals surface area contributed by atoms with E-state index >= 15 is 0 Å². The molecule has 0 radical (unpaired) electrons. The third kappa shape index (κ3) is 3.73. The predicted molar refractivity (Wildman–Crippen MR) is 82.8 cm³/mol. The molecule has 0 unspecified atom stereocenters. The lowest BCUT2D eigenvalue weighted by Crippen LogP contribution is -2.06. The lowest BCUT2D eigenvalue weighted by atomic mass is 10.1. The van der Waals surface area contributed by atoms with E-state index in [0.717, 1.165) is 31.2 Å². The first-order chi connectivity index (χ1) is 10.0. The zero-order valence-electron chi connectivity index (χ0n) is 12.5. The normalized spacial score (nSPS) is 11.7. The molecular weight excluding hydrogens is 294 g/mol. The zero-order chi connectivity index (χ0) is 15.4. The smallest absolute Gasteiger partial charge is 0.184 e. The van der Waals surface area contributed by atoms with E-state index in [1.54, 1.807) is 4.57 Å². The Balaban J connectivity index is 2.29. The van der Waals surface area contributed by atoms with Crippen molar-refractivity contribution in [2.45, 2.75) is 46.1 Å². The van der Waals surface area contributed by atoms with E-state index in [1.165, 1.54) is 6.07 Å². The molecule has 0 fully saturated rings. The maximum Gasteiger partial charge on any atom is 0.184 e. The summed E-state index contributed by atoms with van der Waals surface area (Å²) in [5.74, 6) is 0.155. The second kappa shape index (κ2) is 7.21. The molecule has 0 bridgehead atoms. The van der Waals surface area contributed by atoms with Gasteiger partial charge >= 0.3 is 0 Å². The number of hydrogen-bond acceptors (Lipinski definition) is 1. The van der Waals surface area contributed by atoms with Crippen molar-refractivity contribution in [2.75, 3.05) is 5.88 Å². The van der Waals surface area contributed by atoms with Crippen LogP contribution in [0, 0.1) is 17.6 Å². The second-order valence-electron chi connectivity index (χ2n) is 5.74. The summed E-state index contributed by atoms with van der Waals surface area (Å²) in [6, 6.07) is 2.65. The van der Waals surface area contributed by atoms with Crippen molar-refractivity contribution >= 4 is 22.6 Å². The lowest BCUT2D eigenvalue weighted by molar-refractivity contribution is 0.494. The van der Waals surface area contributed by atoms with Crippen LogP contribution in [0.4, 0.5) is 8.78 Å². The standard InChI is InChI=1S/C16H21ClF2N2/c1-11(2)5-3-4-10-21-14(8-9-17)20-13-7-6-12(18)15(19)16(13)21/h6-7,11H,3-5,8-10H2,1-2H3. The molecule has 2 aromatic rings. The highest BCUT2D eigenvalue weighted by atomic mass is 35.5. The summed E-state index contributed by atoms with van der Waals surface area (Å²) in [7, 11) is 0. The first-order valence-corrected chi connectivity index (χ1v) is 7.97. The molecule has 1 aromatic heterocycles. The van der Waals surface area contributed by atoms with Gasteiger partial charge in [0.05, 0.1) is 5.52 Å². The first-order valence-electron chi connectivity index (χ1n) is 7.43. The van der Waals surface area contributed by atoms with E-state index in [1.807, 2.05) is 0 Å². The van der Waals surface area contributed by atoms with Gasteiger partial charge in [-0.3, -0.25) is 0 Å². The van der Waals surface area contributed by atoms with Gasteiger partial charge in [-0.25, -0.2) is 13.8 Å². The van der Waals surface area contributed by atoms with Gasteiger partial charge in [0.2, 0.25) is 0 Å². The number of halogens is 3. The van der Waals surface area contributed by atoms with E-state index < -0.39 is 11.6 Å². The molecule has 0 aliphatic rings. The Hall–Kier alpha value is -1.16. The number of rotatable bonds is 7. The zero-order valence-corrected chi connectivity index (χ0v) is 13.3. The highest BCUT2D eigenvalue weighted by Crippen LogP contribution is 2.23. The number of fused-ring (bicyclic) bond motifs is 1. The Kier molecular flexibility index (Phi) is 5.57. The molecule has 21 heavy (non-hydrogen) atoms. The van der Waals surface area contributed by atoms with Gasteiger partial charge < -0.3 is 4.57 Å². The van der Waals surface area contributed by atoms with Crippen molar-refractivity contribution < 1.29 is 8.78 Å². The van der Waals surface area contributed by atoms with Crippen molar-refractivity contribution in [3.63, 3.8) is 0 Å². The molecule has 1 aromatic carbocycles. The summed E-state index contributed by atoms with van der Waals surface area (Å²) in [4.78, 5) is 4.39. The molecule has 0 aliphatic heterocycles. The van der Waals surface area contributed by atoms with Crippen LogP contribution in [0.5, 0.6) is 0 Å². The summed E-state index contributed by atoms with van der Waals surface area (Å²) in [5, 5.41) is 0. The minimum absolute atomic E-state index is 0.264. The van der Waals surface area contributed by atoms with Gasteiger partial charge in [-0.15, -0.1) is 11.6 Å². The van der Waals surface area contributed by atoms with Crippen LogP contribution in [0.3, 0.4) is 0 Å². The van der Waals surface area contributed by atoms with E-state index in [0.29, 0.717) is 30.3 Å². The molecule has 0 N–H and O–H groups in total. The van der Waals surface area contributed by atoms with E-state index in [2.05, 4.69) is 18.8 Å². The minimum atomic E-state index is -0.830. The van der Waals surface area contributed by atoms with Crippen LogP contribution < -0.4 is 0 Å². The SMILES string of the molecule is CC(C)CCCCn1c(CCCl)nc2ccc(F)c(F)c21. The second-order valence-corrected chi connectivity index (χ2v) is 6.12. The number of nitrogens with zero attached hydrogens (tertiary/aromatic N) is 2. The summed E-state index contributed by atoms with van der Waals surface area (Å²) < 4.78 is 29.3. The summed E-state index contributed by atoms with van der Waals surface area (Å²) in [5.41, 5.74) is 0.762. The highest BCUT2D eigenvalue weighted by Gasteiger charge is 2.16. The van der Waals surface area contributed by atoms with Crippen LogP contribution in [0.15, 0.2) is 12.1 Å². The van der Waals surface area contributed by atoms with Crippen LogP contribution in [-0.4, -0.2) is 15.4 Å². The molecule has 0 spiro atoms. The van der Waals surface area contributed by atoms with E-state index in [4.69, 9.17) is 11.6 Å². The molecular formula is C16H21ClF2N2. The van der Waals surface area contributed by atoms with E-state index in [-0.39, 0.29) is 5.52 Å². The van der Waals surface area contributed by atoms with Gasteiger partial charge in [-0.1, -0.05) is 26.7 Å². The number of imidazole rings is 1. The summed E-state index contributed by atoms with van der Waals surface area (Å²) in [6.07, 6.45) is 3.68. The van der Waals surface area contributed by atoms with Crippen LogP contribution in [-0.2, 0) is 13.0 Å². The number of unbranched alkanes of at least 4 members (excludes halogenated alkanes) is 1. The molecule has 5 heteroatoms. The maximum atomic E-state index is 14.1. The highest BCUT2D eigenvalue weighted by molar-refractivity contribution is 6.17. The fraction of sp³-hybridized carbons (Fsp3) is 0.562. The van der Waals surface area contributed by atoms with Crippen molar-refractivity contribution in [2.24, 2.45) is 5.92 Å². The largest absolute Gasteiger partial charge is 0.325 e. The number of alkyl halides is 1.